The lowest BCUT2D eigenvalue weighted by Crippen LogP contribution is -2.47. The fourth-order valence-electron chi connectivity index (χ4n) is 7.15. The lowest BCUT2D eigenvalue weighted by atomic mass is 9.49. The third-order valence-electron chi connectivity index (χ3n) is 8.09. The van der Waals surface area contributed by atoms with Crippen molar-refractivity contribution in [1.29, 1.82) is 0 Å². The zero-order chi connectivity index (χ0) is 25.6. The summed E-state index contributed by atoms with van der Waals surface area (Å²) < 4.78 is 2.15. The van der Waals surface area contributed by atoms with Gasteiger partial charge in [0.25, 0.3) is 0 Å². The van der Waals surface area contributed by atoms with Gasteiger partial charge in [0.05, 0.1) is 16.5 Å². The first-order chi connectivity index (χ1) is 17.9. The van der Waals surface area contributed by atoms with E-state index in [9.17, 15) is 4.79 Å². The average molecular weight is 575 g/mol. The second-order valence-electron chi connectivity index (χ2n) is 10.9. The number of amides is 1. The van der Waals surface area contributed by atoms with E-state index in [2.05, 4.69) is 31.6 Å². The molecule has 2 heterocycles. The predicted octanol–water partition coefficient (Wildman–Crippen LogP) is 7.38. The third kappa shape index (κ3) is 5.35. The molecule has 0 radical (unpaired) electrons. The maximum absolute atomic E-state index is 12.7. The number of nitrogens with zero attached hydrogens (tertiary/aromatic N) is 4. The predicted molar refractivity (Wildman–Crippen MR) is 151 cm³/mol. The molecule has 3 aromatic rings. The molecule has 0 atom stereocenters. The van der Waals surface area contributed by atoms with E-state index in [1.807, 2.05) is 17.5 Å². The summed E-state index contributed by atoms with van der Waals surface area (Å²) in [5, 5.41) is 16.2. The highest BCUT2D eigenvalue weighted by Crippen LogP contribution is 2.61. The van der Waals surface area contributed by atoms with Gasteiger partial charge in [-0.1, -0.05) is 41.0 Å². The van der Waals surface area contributed by atoms with Crippen LogP contribution in [0.15, 0.2) is 41.4 Å². The van der Waals surface area contributed by atoms with Gasteiger partial charge in [0.1, 0.15) is 5.82 Å². The first kappa shape index (κ1) is 25.4. The molecule has 4 aliphatic rings. The smallest absolute Gasteiger partial charge is 0.236 e. The number of rotatable bonds is 9. The van der Waals surface area contributed by atoms with Crippen LogP contribution in [0.4, 0.5) is 5.13 Å². The van der Waals surface area contributed by atoms with Crippen molar-refractivity contribution in [3.63, 3.8) is 0 Å². The van der Waals surface area contributed by atoms with Crippen LogP contribution >= 0.6 is 46.3 Å². The molecule has 4 aliphatic carbocycles. The summed E-state index contributed by atoms with van der Waals surface area (Å²) in [7, 11) is 0. The normalized spacial score (nSPS) is 25.9. The highest BCUT2D eigenvalue weighted by molar-refractivity contribution is 7.99. The average Bonchev–Trinajstić information content (AvgIpc) is 3.44. The van der Waals surface area contributed by atoms with Gasteiger partial charge in [0.2, 0.25) is 5.91 Å². The fourth-order valence-corrected chi connectivity index (χ4v) is 9.15. The van der Waals surface area contributed by atoms with Crippen molar-refractivity contribution in [2.24, 2.45) is 23.2 Å². The van der Waals surface area contributed by atoms with Crippen molar-refractivity contribution < 1.29 is 4.79 Å². The van der Waals surface area contributed by atoms with Crippen molar-refractivity contribution in [2.75, 3.05) is 11.1 Å². The number of carbonyl (C=O) groups is 1. The monoisotopic (exact) mass is 573 g/mol. The molecule has 194 valence electrons. The lowest BCUT2D eigenvalue weighted by molar-refractivity contribution is -0.113. The molecule has 2 aromatic heterocycles. The summed E-state index contributed by atoms with van der Waals surface area (Å²) in [5.41, 5.74) is 1.87. The number of aromatic nitrogens is 4. The Balaban J connectivity index is 1.10. The van der Waals surface area contributed by atoms with Crippen LogP contribution < -0.4 is 5.32 Å². The van der Waals surface area contributed by atoms with E-state index in [4.69, 9.17) is 23.2 Å². The van der Waals surface area contributed by atoms with E-state index in [0.29, 0.717) is 32.8 Å². The number of nitrogens with one attached hydrogen (secondary N) is 1. The number of anilines is 1. The maximum Gasteiger partial charge on any atom is 0.236 e. The summed E-state index contributed by atoms with van der Waals surface area (Å²) in [4.78, 5) is 17.3. The molecule has 4 saturated carbocycles. The summed E-state index contributed by atoms with van der Waals surface area (Å²) in [6, 6.07) is 5.28. The zero-order valence-electron chi connectivity index (χ0n) is 20.5. The number of allylic oxidation sites excluding steroid dienone is 1. The Morgan fingerprint density at radius 3 is 2.59 bits per heavy atom. The summed E-state index contributed by atoms with van der Waals surface area (Å²) >= 11 is 15.1. The molecule has 37 heavy (non-hydrogen) atoms. The van der Waals surface area contributed by atoms with Crippen LogP contribution in [-0.2, 0) is 17.8 Å². The molecule has 0 saturated heterocycles. The first-order valence-corrected chi connectivity index (χ1v) is 15.4. The summed E-state index contributed by atoms with van der Waals surface area (Å²) in [6.45, 7) is 4.59. The minimum Gasteiger partial charge on any atom is -0.302 e. The van der Waals surface area contributed by atoms with Crippen molar-refractivity contribution in [2.45, 2.75) is 56.6 Å². The standard InChI is InChI=1S/C27H29Cl2N5OS2/c1-2-5-34-23(13-27-10-16-6-17(11-27)8-18(7-16)12-27)32-33-26(34)37-15-24(35)31-25-30-22(14-36-25)20-4-3-19(28)9-21(20)29/h2-4,9,14,16-18H,1,5-8,10-13,15H2,(H,30,31,35). The van der Waals surface area contributed by atoms with E-state index in [1.165, 1.54) is 61.6 Å². The van der Waals surface area contributed by atoms with Crippen LogP contribution in [0.3, 0.4) is 0 Å². The van der Waals surface area contributed by atoms with E-state index in [1.54, 1.807) is 12.1 Å². The molecule has 1 amide bonds. The minimum absolute atomic E-state index is 0.135. The summed E-state index contributed by atoms with van der Waals surface area (Å²) in [5.74, 6) is 3.84. The second-order valence-corrected chi connectivity index (χ2v) is 13.5. The molecule has 7 rings (SSSR count). The Labute approximate surface area is 235 Å². The Hall–Kier alpha value is -1.87. The van der Waals surface area contributed by atoms with Crippen molar-refractivity contribution in [1.82, 2.24) is 19.7 Å². The van der Waals surface area contributed by atoms with Crippen LogP contribution in [0.25, 0.3) is 11.3 Å². The van der Waals surface area contributed by atoms with E-state index >= 15 is 0 Å². The highest BCUT2D eigenvalue weighted by Gasteiger charge is 2.51. The number of hydrogen-bond donors (Lipinski definition) is 1. The number of carbonyl (C=O) groups excluding carboxylic acids is 1. The highest BCUT2D eigenvalue weighted by atomic mass is 35.5. The molecule has 0 spiro atoms. The molecule has 0 unspecified atom stereocenters. The van der Waals surface area contributed by atoms with Gasteiger partial charge in [-0.05, 0) is 79.9 Å². The van der Waals surface area contributed by atoms with Crippen molar-refractivity contribution in [3.05, 3.63) is 52.1 Å². The minimum atomic E-state index is -0.135. The van der Waals surface area contributed by atoms with Crippen LogP contribution in [0, 0.1) is 23.2 Å². The molecular weight excluding hydrogens is 545 g/mol. The number of thiazole rings is 1. The number of hydrogen-bond acceptors (Lipinski definition) is 6. The van der Waals surface area contributed by atoms with Gasteiger partial charge in [-0.2, -0.15) is 0 Å². The Bertz CT molecular complexity index is 1300. The molecule has 0 aliphatic heterocycles. The topological polar surface area (TPSA) is 72.7 Å². The van der Waals surface area contributed by atoms with Crippen molar-refractivity contribution >= 4 is 57.3 Å². The molecule has 4 bridgehead atoms. The van der Waals surface area contributed by atoms with Crippen LogP contribution in [0.2, 0.25) is 10.0 Å². The lowest BCUT2D eigenvalue weighted by Gasteiger charge is -2.56. The molecular formula is C27H29Cl2N5OS2. The largest absolute Gasteiger partial charge is 0.302 e. The molecule has 6 nitrogen and oxygen atoms in total. The van der Waals surface area contributed by atoms with Crippen molar-refractivity contribution in [3.8, 4) is 11.3 Å². The molecule has 4 fully saturated rings. The van der Waals surface area contributed by atoms with E-state index < -0.39 is 0 Å². The fraction of sp³-hybridized carbons (Fsp3) is 0.481. The van der Waals surface area contributed by atoms with Gasteiger partial charge >= 0.3 is 0 Å². The van der Waals surface area contributed by atoms with E-state index in [0.717, 1.165) is 40.7 Å². The number of thioether (sulfide) groups is 1. The van der Waals surface area contributed by atoms with Gasteiger partial charge in [-0.25, -0.2) is 4.98 Å². The van der Waals surface area contributed by atoms with Gasteiger partial charge in [-0.15, -0.1) is 28.1 Å². The van der Waals surface area contributed by atoms with Crippen LogP contribution in [0.5, 0.6) is 0 Å². The Morgan fingerprint density at radius 1 is 1.19 bits per heavy atom. The molecule has 10 heteroatoms. The zero-order valence-corrected chi connectivity index (χ0v) is 23.6. The SMILES string of the molecule is C=CCn1c(CC23CC4CC(CC(C4)C2)C3)nnc1SCC(=O)Nc1nc(-c2ccc(Cl)cc2Cl)cs1. The third-order valence-corrected chi connectivity index (χ3v) is 10.4. The quantitative estimate of drug-likeness (QED) is 0.213. The Kier molecular flexibility index (Phi) is 7.12. The van der Waals surface area contributed by atoms with E-state index in [-0.39, 0.29) is 11.7 Å². The second kappa shape index (κ2) is 10.4. The van der Waals surface area contributed by atoms with Gasteiger partial charge in [0.15, 0.2) is 10.3 Å². The Morgan fingerprint density at radius 2 is 1.92 bits per heavy atom. The maximum atomic E-state index is 12.7. The van der Waals surface area contributed by atoms with Gasteiger partial charge in [0, 0.05) is 28.9 Å². The first-order valence-electron chi connectivity index (χ1n) is 12.8. The summed E-state index contributed by atoms with van der Waals surface area (Å²) in [6.07, 6.45) is 11.2. The van der Waals surface area contributed by atoms with Gasteiger partial charge in [-0.3, -0.25) is 4.79 Å². The molecule has 1 N–H and O–H groups in total. The number of benzene rings is 1. The molecule has 1 aromatic carbocycles. The van der Waals surface area contributed by atoms with Crippen LogP contribution in [-0.4, -0.2) is 31.4 Å². The number of halogens is 2. The van der Waals surface area contributed by atoms with Gasteiger partial charge < -0.3 is 9.88 Å². The van der Waals surface area contributed by atoms with Crippen LogP contribution in [0.1, 0.15) is 44.3 Å².